The predicted molar refractivity (Wildman–Crippen MR) is 86.5 cm³/mol. The number of aliphatic hydroxyl groups excluding tert-OH is 1. The second kappa shape index (κ2) is 9.66. The van der Waals surface area contributed by atoms with E-state index >= 15 is 0 Å². The summed E-state index contributed by atoms with van der Waals surface area (Å²) < 4.78 is 5.61. The molecule has 0 bridgehead atoms. The summed E-state index contributed by atoms with van der Waals surface area (Å²) in [4.78, 5) is 2.13. The molecule has 0 saturated carbocycles. The molecule has 1 aromatic rings. The van der Waals surface area contributed by atoms with E-state index in [9.17, 15) is 5.11 Å². The van der Waals surface area contributed by atoms with Gasteiger partial charge in [-0.1, -0.05) is 11.6 Å². The Morgan fingerprint density at radius 3 is 2.50 bits per heavy atom. The van der Waals surface area contributed by atoms with Crippen LogP contribution in [0.1, 0.15) is 6.42 Å². The Kier molecular flexibility index (Phi) is 9.55. The van der Waals surface area contributed by atoms with Crippen LogP contribution in [0.5, 0.6) is 5.75 Å². The Morgan fingerprint density at radius 2 is 1.90 bits per heavy atom. The number of rotatable bonds is 4. The van der Waals surface area contributed by atoms with Crippen molar-refractivity contribution in [1.29, 1.82) is 0 Å². The third kappa shape index (κ3) is 6.48. The Morgan fingerprint density at radius 1 is 1.25 bits per heavy atom. The molecule has 1 aliphatic heterocycles. The van der Waals surface area contributed by atoms with Crippen molar-refractivity contribution < 1.29 is 9.84 Å². The maximum atomic E-state index is 9.62. The number of piperidine rings is 1. The number of hydrogen-bond acceptors (Lipinski definition) is 4. The van der Waals surface area contributed by atoms with Crippen LogP contribution in [0.3, 0.4) is 0 Å². The number of nitrogens with zero attached hydrogens (tertiary/aromatic N) is 1. The van der Waals surface area contributed by atoms with Crippen molar-refractivity contribution in [2.24, 2.45) is 5.73 Å². The third-order valence-electron chi connectivity index (χ3n) is 3.03. The highest BCUT2D eigenvalue weighted by atomic mass is 35.5. The molecule has 1 saturated heterocycles. The van der Waals surface area contributed by atoms with Gasteiger partial charge in [0.25, 0.3) is 0 Å². The largest absolute Gasteiger partial charge is 0.492 e. The van der Waals surface area contributed by atoms with E-state index < -0.39 is 0 Å². The summed E-state index contributed by atoms with van der Waals surface area (Å²) in [6, 6.07) is 7.36. The van der Waals surface area contributed by atoms with Gasteiger partial charge >= 0.3 is 0 Å². The SMILES string of the molecule is Cl.Cl.N[C@H]1C[C@@H](O)CN(CCOc2ccc(Cl)cc2)C1. The highest BCUT2D eigenvalue weighted by Crippen LogP contribution is 2.15. The fraction of sp³-hybridized carbons (Fsp3) is 0.538. The maximum absolute atomic E-state index is 9.62. The second-order valence-electron chi connectivity index (χ2n) is 4.71. The lowest BCUT2D eigenvalue weighted by Crippen LogP contribution is -2.50. The zero-order valence-electron chi connectivity index (χ0n) is 11.1. The Labute approximate surface area is 137 Å². The van der Waals surface area contributed by atoms with Crippen molar-refractivity contribution in [2.75, 3.05) is 26.2 Å². The molecule has 0 aliphatic carbocycles. The Bertz CT molecular complexity index is 368. The first-order valence-electron chi connectivity index (χ1n) is 6.18. The molecular formula is C13H21Cl3N2O2. The molecule has 4 nitrogen and oxygen atoms in total. The van der Waals surface area contributed by atoms with Gasteiger partial charge < -0.3 is 15.6 Å². The molecule has 2 atom stereocenters. The molecule has 116 valence electrons. The number of β-amino-alcohol motifs (C(OH)–C–C–N with tert-alkyl or cyclic N) is 1. The first-order chi connectivity index (χ1) is 8.63. The average Bonchev–Trinajstić information content (AvgIpc) is 2.30. The summed E-state index contributed by atoms with van der Waals surface area (Å²) >= 11 is 5.79. The van der Waals surface area contributed by atoms with Crippen molar-refractivity contribution in [2.45, 2.75) is 18.6 Å². The van der Waals surface area contributed by atoms with Crippen molar-refractivity contribution in [1.82, 2.24) is 4.90 Å². The third-order valence-corrected chi connectivity index (χ3v) is 3.28. The molecule has 0 spiro atoms. The normalized spacial score (nSPS) is 22.6. The van der Waals surface area contributed by atoms with Crippen LogP contribution in [0.15, 0.2) is 24.3 Å². The van der Waals surface area contributed by atoms with Gasteiger partial charge in [0.15, 0.2) is 0 Å². The molecule has 2 rings (SSSR count). The van der Waals surface area contributed by atoms with Crippen molar-refractivity contribution in [3.8, 4) is 5.75 Å². The monoisotopic (exact) mass is 342 g/mol. The van der Waals surface area contributed by atoms with Gasteiger partial charge in [0.2, 0.25) is 0 Å². The van der Waals surface area contributed by atoms with E-state index in [2.05, 4.69) is 4.90 Å². The van der Waals surface area contributed by atoms with Crippen LogP contribution in [0, 0.1) is 0 Å². The summed E-state index contributed by atoms with van der Waals surface area (Å²) in [5.41, 5.74) is 5.86. The van der Waals surface area contributed by atoms with Gasteiger partial charge in [0.1, 0.15) is 12.4 Å². The Hall–Kier alpha value is -0.230. The zero-order valence-corrected chi connectivity index (χ0v) is 13.5. The molecule has 1 fully saturated rings. The van der Waals surface area contributed by atoms with E-state index in [1.165, 1.54) is 0 Å². The van der Waals surface area contributed by atoms with Crippen LogP contribution in [-0.4, -0.2) is 48.4 Å². The molecule has 3 N–H and O–H groups in total. The summed E-state index contributed by atoms with van der Waals surface area (Å²) in [6.45, 7) is 2.85. The molecular weight excluding hydrogens is 323 g/mol. The minimum atomic E-state index is -0.315. The molecule has 1 aromatic carbocycles. The van der Waals surface area contributed by atoms with Crippen LogP contribution in [0.4, 0.5) is 0 Å². The molecule has 0 unspecified atom stereocenters. The van der Waals surface area contributed by atoms with Crippen molar-refractivity contribution in [3.05, 3.63) is 29.3 Å². The molecule has 1 heterocycles. The van der Waals surface area contributed by atoms with Gasteiger partial charge in [0.05, 0.1) is 6.10 Å². The lowest BCUT2D eigenvalue weighted by molar-refractivity contribution is 0.0534. The molecule has 0 aromatic heterocycles. The second-order valence-corrected chi connectivity index (χ2v) is 5.15. The first kappa shape index (κ1) is 19.8. The topological polar surface area (TPSA) is 58.7 Å². The van der Waals surface area contributed by atoms with Crippen molar-refractivity contribution in [3.63, 3.8) is 0 Å². The van der Waals surface area contributed by atoms with Gasteiger partial charge in [-0.15, -0.1) is 24.8 Å². The van der Waals surface area contributed by atoms with Crippen LogP contribution in [-0.2, 0) is 0 Å². The van der Waals surface area contributed by atoms with Gasteiger partial charge in [0, 0.05) is 30.7 Å². The van der Waals surface area contributed by atoms with E-state index in [1.807, 2.05) is 12.1 Å². The Balaban J connectivity index is 0.00000180. The lowest BCUT2D eigenvalue weighted by Gasteiger charge is -2.33. The fourth-order valence-corrected chi connectivity index (χ4v) is 2.33. The molecule has 0 radical (unpaired) electrons. The van der Waals surface area contributed by atoms with E-state index in [0.29, 0.717) is 24.6 Å². The highest BCUT2D eigenvalue weighted by Gasteiger charge is 2.22. The smallest absolute Gasteiger partial charge is 0.119 e. The van der Waals surface area contributed by atoms with Gasteiger partial charge in [-0.3, -0.25) is 4.90 Å². The maximum Gasteiger partial charge on any atom is 0.119 e. The average molecular weight is 344 g/mol. The molecule has 1 aliphatic rings. The standard InChI is InChI=1S/C13H19ClN2O2.2ClH/c14-10-1-3-13(4-2-10)18-6-5-16-8-11(15)7-12(17)9-16;;/h1-4,11-12,17H,5-9,15H2;2*1H/t11-,12+;;/m0../s1. The van der Waals surface area contributed by atoms with Crippen LogP contribution in [0.2, 0.25) is 5.02 Å². The summed E-state index contributed by atoms with van der Waals surface area (Å²) in [5, 5.41) is 10.3. The van der Waals surface area contributed by atoms with E-state index in [0.717, 1.165) is 18.8 Å². The van der Waals surface area contributed by atoms with Gasteiger partial charge in [-0.05, 0) is 30.7 Å². The van der Waals surface area contributed by atoms with Gasteiger partial charge in [-0.2, -0.15) is 0 Å². The highest BCUT2D eigenvalue weighted by molar-refractivity contribution is 6.30. The first-order valence-corrected chi connectivity index (χ1v) is 6.55. The van der Waals surface area contributed by atoms with Crippen LogP contribution in [0.25, 0.3) is 0 Å². The quantitative estimate of drug-likeness (QED) is 0.877. The fourth-order valence-electron chi connectivity index (χ4n) is 2.21. The van der Waals surface area contributed by atoms with E-state index in [-0.39, 0.29) is 37.0 Å². The predicted octanol–water partition coefficient (Wildman–Crippen LogP) is 1.96. The summed E-state index contributed by atoms with van der Waals surface area (Å²) in [5.74, 6) is 0.807. The minimum absolute atomic E-state index is 0. The van der Waals surface area contributed by atoms with E-state index in [4.69, 9.17) is 22.1 Å². The van der Waals surface area contributed by atoms with Crippen LogP contribution >= 0.6 is 36.4 Å². The molecule has 0 amide bonds. The summed E-state index contributed by atoms with van der Waals surface area (Å²) in [6.07, 6.45) is 0.374. The number of aliphatic hydroxyl groups is 1. The number of ether oxygens (including phenoxy) is 1. The van der Waals surface area contributed by atoms with Crippen LogP contribution < -0.4 is 10.5 Å². The number of likely N-dealkylation sites (tertiary alicyclic amines) is 1. The number of benzene rings is 1. The zero-order chi connectivity index (χ0) is 13.0. The molecule has 7 heteroatoms. The summed E-state index contributed by atoms with van der Waals surface area (Å²) in [7, 11) is 0. The molecule has 20 heavy (non-hydrogen) atoms. The number of halogens is 3. The van der Waals surface area contributed by atoms with Gasteiger partial charge in [-0.25, -0.2) is 0 Å². The lowest BCUT2D eigenvalue weighted by atomic mass is 10.0. The van der Waals surface area contributed by atoms with E-state index in [1.54, 1.807) is 12.1 Å². The number of hydrogen-bond donors (Lipinski definition) is 2. The number of nitrogens with two attached hydrogens (primary N) is 1. The van der Waals surface area contributed by atoms with Crippen molar-refractivity contribution >= 4 is 36.4 Å². The minimum Gasteiger partial charge on any atom is -0.492 e.